The van der Waals surface area contributed by atoms with Gasteiger partial charge in [0, 0.05) is 19.4 Å². The van der Waals surface area contributed by atoms with Crippen molar-refractivity contribution in [1.82, 2.24) is 4.90 Å². The average molecular weight is 391 g/mol. The molecule has 1 aliphatic heterocycles. The number of aliphatic hydroxyl groups excluding tert-OH is 1. The van der Waals surface area contributed by atoms with E-state index in [0.717, 1.165) is 18.4 Å². The first-order chi connectivity index (χ1) is 13.5. The third-order valence-corrected chi connectivity index (χ3v) is 4.50. The van der Waals surface area contributed by atoms with Crippen molar-refractivity contribution in [2.24, 2.45) is 0 Å². The van der Waals surface area contributed by atoms with Gasteiger partial charge in [-0.3, -0.25) is 4.79 Å². The number of nitrogens with zero attached hydrogens (tertiary/aromatic N) is 1. The topological polar surface area (TPSA) is 87.1 Å². The van der Waals surface area contributed by atoms with Crippen LogP contribution in [0.2, 0.25) is 0 Å². The Kier molecular flexibility index (Phi) is 8.68. The summed E-state index contributed by atoms with van der Waals surface area (Å²) >= 11 is 0. The van der Waals surface area contributed by atoms with Gasteiger partial charge in [0.2, 0.25) is 5.91 Å². The number of likely N-dealkylation sites (tertiary alicyclic amines) is 1. The van der Waals surface area contributed by atoms with E-state index in [1.807, 2.05) is 12.2 Å². The van der Waals surface area contributed by atoms with Gasteiger partial charge in [-0.2, -0.15) is 0 Å². The van der Waals surface area contributed by atoms with Crippen molar-refractivity contribution in [1.29, 1.82) is 0 Å². The second kappa shape index (κ2) is 11.2. The highest BCUT2D eigenvalue weighted by Gasteiger charge is 2.25. The highest BCUT2D eigenvalue weighted by molar-refractivity contribution is 5.77. The minimum absolute atomic E-state index is 0.0559. The molecule has 1 aliphatic rings. The first-order valence-corrected chi connectivity index (χ1v) is 9.36. The van der Waals surface area contributed by atoms with E-state index in [4.69, 9.17) is 5.11 Å². The molecule has 1 aromatic rings. The lowest BCUT2D eigenvalue weighted by Crippen LogP contribution is -2.42. The minimum Gasteiger partial charge on any atom is -0.450 e. The van der Waals surface area contributed by atoms with Crippen molar-refractivity contribution in [2.45, 2.75) is 44.2 Å². The van der Waals surface area contributed by atoms with E-state index in [2.05, 4.69) is 4.74 Å². The van der Waals surface area contributed by atoms with Crippen LogP contribution < -0.4 is 0 Å². The monoisotopic (exact) mass is 391 g/mol. The van der Waals surface area contributed by atoms with Crippen LogP contribution in [-0.2, 0) is 16.0 Å². The van der Waals surface area contributed by atoms with Crippen molar-refractivity contribution in [3.63, 3.8) is 0 Å². The zero-order valence-corrected chi connectivity index (χ0v) is 15.7. The normalized spacial score (nSPS) is 18.7. The maximum absolute atomic E-state index is 12.9. The van der Waals surface area contributed by atoms with Crippen LogP contribution in [0.25, 0.3) is 0 Å². The molecule has 0 spiro atoms. The number of benzene rings is 1. The Labute approximate surface area is 163 Å². The van der Waals surface area contributed by atoms with E-state index in [9.17, 15) is 19.1 Å². The largest absolute Gasteiger partial charge is 0.505 e. The fourth-order valence-corrected chi connectivity index (χ4v) is 3.09. The number of carbonyl (C=O) groups excluding carboxylic acids is 1. The Hall–Kier alpha value is -2.67. The molecule has 1 aromatic carbocycles. The lowest BCUT2D eigenvalue weighted by atomic mass is 9.99. The molecule has 0 aromatic heterocycles. The standard InChI is InChI=1S/C21H26FNO5/c22-17-9-7-16(8-10-17)15-19(24)12-11-18-5-4-6-20(25)23(18)13-2-1-3-14-28-21(26)27/h1-2,7-12,18-19,24H,3-6,13-15H2,(H,26,27)/t18-,19?/m1/s1. The number of aliphatic hydroxyl groups is 1. The number of hydrogen-bond acceptors (Lipinski definition) is 4. The number of ether oxygens (including phenoxy) is 1. The summed E-state index contributed by atoms with van der Waals surface area (Å²) < 4.78 is 17.4. The van der Waals surface area contributed by atoms with Gasteiger partial charge in [0.05, 0.1) is 18.8 Å². The molecule has 0 bridgehead atoms. The van der Waals surface area contributed by atoms with Crippen LogP contribution in [0.3, 0.4) is 0 Å². The fraction of sp³-hybridized carbons (Fsp3) is 0.429. The Balaban J connectivity index is 1.86. The van der Waals surface area contributed by atoms with E-state index < -0.39 is 12.3 Å². The van der Waals surface area contributed by atoms with Crippen LogP contribution >= 0.6 is 0 Å². The highest BCUT2D eigenvalue weighted by Crippen LogP contribution is 2.20. The van der Waals surface area contributed by atoms with E-state index in [0.29, 0.717) is 25.8 Å². The lowest BCUT2D eigenvalue weighted by Gasteiger charge is -2.33. The molecule has 28 heavy (non-hydrogen) atoms. The van der Waals surface area contributed by atoms with Crippen molar-refractivity contribution in [2.75, 3.05) is 13.2 Å². The molecule has 1 unspecified atom stereocenters. The van der Waals surface area contributed by atoms with E-state index >= 15 is 0 Å². The van der Waals surface area contributed by atoms with Gasteiger partial charge in [0.25, 0.3) is 0 Å². The Morgan fingerprint density at radius 3 is 2.79 bits per heavy atom. The molecule has 2 atom stereocenters. The first-order valence-electron chi connectivity index (χ1n) is 9.36. The summed E-state index contributed by atoms with van der Waals surface area (Å²) in [6, 6.07) is 5.91. The van der Waals surface area contributed by atoms with Crippen LogP contribution in [0, 0.1) is 5.82 Å². The zero-order valence-electron chi connectivity index (χ0n) is 15.7. The van der Waals surface area contributed by atoms with Gasteiger partial charge in [-0.05, 0) is 37.0 Å². The van der Waals surface area contributed by atoms with Crippen LogP contribution in [-0.4, -0.2) is 52.5 Å². The van der Waals surface area contributed by atoms with Gasteiger partial charge in [-0.1, -0.05) is 36.4 Å². The summed E-state index contributed by atoms with van der Waals surface area (Å²) in [6.07, 6.45) is 8.08. The average Bonchev–Trinajstić information content (AvgIpc) is 2.66. The number of halogens is 1. The number of carbonyl (C=O) groups is 2. The number of piperidine rings is 1. The van der Waals surface area contributed by atoms with Crippen LogP contribution in [0.15, 0.2) is 48.6 Å². The molecular weight excluding hydrogens is 365 g/mol. The Morgan fingerprint density at radius 2 is 2.07 bits per heavy atom. The third kappa shape index (κ3) is 7.52. The molecule has 7 heteroatoms. The molecule has 0 aliphatic carbocycles. The molecule has 1 amide bonds. The predicted molar refractivity (Wildman–Crippen MR) is 102 cm³/mol. The Bertz CT molecular complexity index is 701. The van der Waals surface area contributed by atoms with Gasteiger partial charge in [0.15, 0.2) is 0 Å². The second-order valence-corrected chi connectivity index (χ2v) is 6.66. The third-order valence-electron chi connectivity index (χ3n) is 4.50. The number of rotatable bonds is 9. The maximum Gasteiger partial charge on any atom is 0.505 e. The van der Waals surface area contributed by atoms with Gasteiger partial charge in [-0.25, -0.2) is 9.18 Å². The summed E-state index contributed by atoms with van der Waals surface area (Å²) in [5, 5.41) is 18.6. The SMILES string of the molecule is O=C(O)OCCC=CCN1C(=O)CCC[C@@H]1C=CC(O)Cc1ccc(F)cc1. The quantitative estimate of drug-likeness (QED) is 0.383. The van der Waals surface area contributed by atoms with Crippen LogP contribution in [0.4, 0.5) is 9.18 Å². The molecule has 2 N–H and O–H groups in total. The van der Waals surface area contributed by atoms with Gasteiger partial charge < -0.3 is 19.8 Å². The smallest absolute Gasteiger partial charge is 0.450 e. The van der Waals surface area contributed by atoms with E-state index in [1.165, 1.54) is 12.1 Å². The first kappa shape index (κ1) is 21.6. The number of hydrogen-bond donors (Lipinski definition) is 2. The zero-order chi connectivity index (χ0) is 20.4. The van der Waals surface area contributed by atoms with Crippen LogP contribution in [0.1, 0.15) is 31.2 Å². The maximum atomic E-state index is 12.9. The molecule has 1 heterocycles. The lowest BCUT2D eigenvalue weighted by molar-refractivity contribution is -0.134. The van der Waals surface area contributed by atoms with E-state index in [-0.39, 0.29) is 24.4 Å². The van der Waals surface area contributed by atoms with Gasteiger partial charge in [-0.15, -0.1) is 0 Å². The molecule has 2 rings (SSSR count). The van der Waals surface area contributed by atoms with Crippen molar-refractivity contribution < 1.29 is 28.9 Å². The van der Waals surface area contributed by atoms with Crippen LogP contribution in [0.5, 0.6) is 0 Å². The van der Waals surface area contributed by atoms with E-state index in [1.54, 1.807) is 29.2 Å². The van der Waals surface area contributed by atoms with Gasteiger partial charge >= 0.3 is 6.16 Å². The summed E-state index contributed by atoms with van der Waals surface area (Å²) in [7, 11) is 0. The number of amides is 1. The van der Waals surface area contributed by atoms with Crippen molar-refractivity contribution in [3.05, 3.63) is 60.0 Å². The molecule has 152 valence electrons. The molecular formula is C21H26FNO5. The highest BCUT2D eigenvalue weighted by atomic mass is 19.1. The van der Waals surface area contributed by atoms with Gasteiger partial charge in [0.1, 0.15) is 5.82 Å². The summed E-state index contributed by atoms with van der Waals surface area (Å²) in [4.78, 5) is 24.3. The predicted octanol–water partition coefficient (Wildman–Crippen LogP) is 3.31. The molecule has 0 saturated carbocycles. The summed E-state index contributed by atoms with van der Waals surface area (Å²) in [5.74, 6) is -0.256. The molecule has 1 fully saturated rings. The van der Waals surface area contributed by atoms with Crippen molar-refractivity contribution >= 4 is 12.1 Å². The fourth-order valence-electron chi connectivity index (χ4n) is 3.09. The number of carboxylic acid groups (broad SMARTS) is 1. The summed E-state index contributed by atoms with van der Waals surface area (Å²) in [5.41, 5.74) is 0.835. The minimum atomic E-state index is -1.30. The molecule has 1 saturated heterocycles. The Morgan fingerprint density at radius 1 is 1.32 bits per heavy atom. The van der Waals surface area contributed by atoms with Crippen molar-refractivity contribution in [3.8, 4) is 0 Å². The summed E-state index contributed by atoms with van der Waals surface area (Å²) in [6.45, 7) is 0.508. The molecule has 0 radical (unpaired) electrons. The second-order valence-electron chi connectivity index (χ2n) is 6.66. The molecule has 6 nitrogen and oxygen atoms in total.